The second kappa shape index (κ2) is 3.77. The molecule has 0 radical (unpaired) electrons. The molecule has 0 aliphatic heterocycles. The maximum Gasteiger partial charge on any atom is 0.0404 e. The Morgan fingerprint density at radius 3 is 2.64 bits per heavy atom. The van der Waals surface area contributed by atoms with Crippen molar-refractivity contribution in [1.29, 1.82) is 0 Å². The molecule has 1 aromatic heterocycles. The van der Waals surface area contributed by atoms with Crippen molar-refractivity contribution in [2.75, 3.05) is 6.26 Å². The Bertz CT molecular complexity index is 233. The average Bonchev–Trinajstić information content (AvgIpc) is 2.05. The number of rotatable bonds is 2. The molecule has 0 bridgehead atoms. The fourth-order valence-electron chi connectivity index (χ4n) is 0.863. The third-order valence-electron chi connectivity index (χ3n) is 1.64. The van der Waals surface area contributed by atoms with Gasteiger partial charge in [0.25, 0.3) is 0 Å². The molecule has 0 N–H and O–H groups in total. The Hall–Kier alpha value is -0.500. The van der Waals surface area contributed by atoms with E-state index in [1.807, 2.05) is 12.4 Å². The van der Waals surface area contributed by atoms with Gasteiger partial charge in [-0.15, -0.1) is 11.8 Å². The largest absolute Gasteiger partial charge is 0.263 e. The first-order valence-corrected chi connectivity index (χ1v) is 4.95. The van der Waals surface area contributed by atoms with E-state index in [1.165, 1.54) is 10.5 Å². The Balaban J connectivity index is 2.91. The van der Waals surface area contributed by atoms with Crippen LogP contribution >= 0.6 is 11.8 Å². The summed E-state index contributed by atoms with van der Waals surface area (Å²) in [4.78, 5) is 5.40. The van der Waals surface area contributed by atoms with E-state index in [0.717, 1.165) is 0 Å². The average molecular weight is 167 g/mol. The van der Waals surface area contributed by atoms with Gasteiger partial charge < -0.3 is 0 Å². The van der Waals surface area contributed by atoms with Gasteiger partial charge in [0.05, 0.1) is 0 Å². The van der Waals surface area contributed by atoms with Crippen LogP contribution < -0.4 is 0 Å². The quantitative estimate of drug-likeness (QED) is 0.628. The molecule has 0 aliphatic carbocycles. The predicted molar refractivity (Wildman–Crippen MR) is 50.1 cm³/mol. The van der Waals surface area contributed by atoms with E-state index in [2.05, 4.69) is 31.2 Å². The summed E-state index contributed by atoms with van der Waals surface area (Å²) in [5.41, 5.74) is 1.32. The van der Waals surface area contributed by atoms with Crippen molar-refractivity contribution in [3.05, 3.63) is 24.0 Å². The topological polar surface area (TPSA) is 12.9 Å². The maximum atomic E-state index is 4.16. The third-order valence-corrected chi connectivity index (χ3v) is 2.33. The molecule has 60 valence electrons. The van der Waals surface area contributed by atoms with Crippen molar-refractivity contribution in [1.82, 2.24) is 4.98 Å². The molecule has 11 heavy (non-hydrogen) atoms. The summed E-state index contributed by atoms with van der Waals surface area (Å²) < 4.78 is 0. The molecular formula is C9H13NS. The van der Waals surface area contributed by atoms with Gasteiger partial charge in [-0.2, -0.15) is 0 Å². The number of pyridine rings is 1. The van der Waals surface area contributed by atoms with Crippen LogP contribution in [0.25, 0.3) is 0 Å². The van der Waals surface area contributed by atoms with Gasteiger partial charge in [-0.1, -0.05) is 13.8 Å². The second-order valence-electron chi connectivity index (χ2n) is 2.81. The molecule has 0 aromatic carbocycles. The van der Waals surface area contributed by atoms with Crippen LogP contribution in [-0.2, 0) is 0 Å². The van der Waals surface area contributed by atoms with Gasteiger partial charge in [-0.25, -0.2) is 0 Å². The van der Waals surface area contributed by atoms with E-state index in [1.54, 1.807) is 11.8 Å². The lowest BCUT2D eigenvalue weighted by molar-refractivity contribution is 0.851. The zero-order valence-electron chi connectivity index (χ0n) is 7.16. The molecular weight excluding hydrogens is 154 g/mol. The Morgan fingerprint density at radius 2 is 2.09 bits per heavy atom. The first-order valence-electron chi connectivity index (χ1n) is 3.73. The van der Waals surface area contributed by atoms with E-state index in [9.17, 15) is 0 Å². The van der Waals surface area contributed by atoms with Gasteiger partial charge in [0, 0.05) is 17.3 Å². The van der Waals surface area contributed by atoms with Crippen LogP contribution in [-0.4, -0.2) is 11.2 Å². The fraction of sp³-hybridized carbons (Fsp3) is 0.444. The first-order chi connectivity index (χ1) is 5.24. The Morgan fingerprint density at radius 1 is 1.36 bits per heavy atom. The van der Waals surface area contributed by atoms with Gasteiger partial charge in [0.2, 0.25) is 0 Å². The summed E-state index contributed by atoms with van der Waals surface area (Å²) in [6.07, 6.45) is 5.90. The lowest BCUT2D eigenvalue weighted by Crippen LogP contribution is -1.88. The molecule has 1 nitrogen and oxygen atoms in total. The van der Waals surface area contributed by atoms with Crippen LogP contribution in [0.15, 0.2) is 23.4 Å². The molecule has 1 heterocycles. The minimum atomic E-state index is 0.578. The monoisotopic (exact) mass is 167 g/mol. The molecule has 1 aromatic rings. The second-order valence-corrected chi connectivity index (χ2v) is 3.69. The van der Waals surface area contributed by atoms with Crippen LogP contribution in [0.4, 0.5) is 0 Å². The zero-order valence-corrected chi connectivity index (χ0v) is 7.98. The van der Waals surface area contributed by atoms with E-state index in [4.69, 9.17) is 0 Å². The van der Waals surface area contributed by atoms with E-state index in [-0.39, 0.29) is 0 Å². The first kappa shape index (κ1) is 8.60. The van der Waals surface area contributed by atoms with Crippen LogP contribution in [0.5, 0.6) is 0 Å². The fourth-order valence-corrected chi connectivity index (χ4v) is 1.28. The number of aromatic nitrogens is 1. The van der Waals surface area contributed by atoms with E-state index in [0.29, 0.717) is 5.92 Å². The number of nitrogens with zero attached hydrogens (tertiary/aromatic N) is 1. The normalized spacial score (nSPS) is 10.5. The summed E-state index contributed by atoms with van der Waals surface area (Å²) in [6, 6.07) is 2.20. The summed E-state index contributed by atoms with van der Waals surface area (Å²) >= 11 is 1.74. The minimum absolute atomic E-state index is 0.578. The molecule has 0 aliphatic rings. The Kier molecular flexibility index (Phi) is 2.94. The highest BCUT2D eigenvalue weighted by Crippen LogP contribution is 2.19. The molecule has 2 heteroatoms. The van der Waals surface area contributed by atoms with Crippen LogP contribution in [0.2, 0.25) is 0 Å². The maximum absolute atomic E-state index is 4.16. The number of hydrogen-bond acceptors (Lipinski definition) is 2. The summed E-state index contributed by atoms with van der Waals surface area (Å²) in [7, 11) is 0. The van der Waals surface area contributed by atoms with Gasteiger partial charge in [0.1, 0.15) is 0 Å². The highest BCUT2D eigenvalue weighted by Gasteiger charge is 1.99. The van der Waals surface area contributed by atoms with Crippen LogP contribution in [0.1, 0.15) is 25.3 Å². The highest BCUT2D eigenvalue weighted by atomic mass is 32.2. The summed E-state index contributed by atoms with van der Waals surface area (Å²) in [6.45, 7) is 4.36. The lowest BCUT2D eigenvalue weighted by Gasteiger charge is -2.04. The van der Waals surface area contributed by atoms with Gasteiger partial charge >= 0.3 is 0 Å². The van der Waals surface area contributed by atoms with Crippen molar-refractivity contribution in [2.24, 2.45) is 0 Å². The zero-order chi connectivity index (χ0) is 8.27. The SMILES string of the molecule is CSc1cncc(C(C)C)c1. The smallest absolute Gasteiger partial charge is 0.0404 e. The van der Waals surface area contributed by atoms with E-state index < -0.39 is 0 Å². The number of thioether (sulfide) groups is 1. The van der Waals surface area contributed by atoms with Crippen molar-refractivity contribution < 1.29 is 0 Å². The van der Waals surface area contributed by atoms with Gasteiger partial charge in [-0.3, -0.25) is 4.98 Å². The molecule has 1 rings (SSSR count). The van der Waals surface area contributed by atoms with Crippen molar-refractivity contribution in [3.8, 4) is 0 Å². The van der Waals surface area contributed by atoms with Gasteiger partial charge in [-0.05, 0) is 23.8 Å². The van der Waals surface area contributed by atoms with Crippen molar-refractivity contribution >= 4 is 11.8 Å². The molecule has 0 fully saturated rings. The van der Waals surface area contributed by atoms with Gasteiger partial charge in [0.15, 0.2) is 0 Å². The Labute approximate surface area is 72.2 Å². The lowest BCUT2D eigenvalue weighted by atomic mass is 10.1. The molecule has 0 amide bonds. The van der Waals surface area contributed by atoms with Crippen molar-refractivity contribution in [3.63, 3.8) is 0 Å². The molecule has 0 atom stereocenters. The van der Waals surface area contributed by atoms with Crippen molar-refractivity contribution in [2.45, 2.75) is 24.7 Å². The highest BCUT2D eigenvalue weighted by molar-refractivity contribution is 7.98. The minimum Gasteiger partial charge on any atom is -0.263 e. The molecule has 0 saturated carbocycles. The van der Waals surface area contributed by atoms with Crippen LogP contribution in [0.3, 0.4) is 0 Å². The third kappa shape index (κ3) is 2.22. The standard InChI is InChI=1S/C9H13NS/c1-7(2)8-4-9(11-3)6-10-5-8/h4-7H,1-3H3. The molecule has 0 spiro atoms. The summed E-state index contributed by atoms with van der Waals surface area (Å²) in [5.74, 6) is 0.578. The predicted octanol–water partition coefficient (Wildman–Crippen LogP) is 2.93. The van der Waals surface area contributed by atoms with Crippen LogP contribution in [0, 0.1) is 0 Å². The number of hydrogen-bond donors (Lipinski definition) is 0. The van der Waals surface area contributed by atoms with E-state index >= 15 is 0 Å². The molecule has 0 unspecified atom stereocenters. The molecule has 0 saturated heterocycles. The summed E-state index contributed by atoms with van der Waals surface area (Å²) in [5, 5.41) is 0.